The molecule has 1 aromatic carbocycles. The number of hydrogen-bond acceptors (Lipinski definition) is 8. The van der Waals surface area contributed by atoms with Crippen molar-refractivity contribution in [3.63, 3.8) is 0 Å². The summed E-state index contributed by atoms with van der Waals surface area (Å²) in [5.41, 5.74) is 0.531. The van der Waals surface area contributed by atoms with Gasteiger partial charge in [-0.2, -0.15) is 0 Å². The highest BCUT2D eigenvalue weighted by atomic mass is 16.5. The van der Waals surface area contributed by atoms with E-state index >= 15 is 0 Å². The number of carbonyl (C=O) groups excluding carboxylic acids is 5. The smallest absolute Gasteiger partial charge is 0.226 e. The summed E-state index contributed by atoms with van der Waals surface area (Å²) in [4.78, 5) is 76.0. The number of nitrogens with one attached hydrogen (secondary N) is 1. The molecule has 2 rings (SSSR count). The second-order valence-corrected chi connectivity index (χ2v) is 19.4. The van der Waals surface area contributed by atoms with Crippen molar-refractivity contribution in [2.24, 2.45) is 35.5 Å². The summed E-state index contributed by atoms with van der Waals surface area (Å²) in [6.07, 6.45) is 1.70. The van der Waals surface area contributed by atoms with Crippen LogP contribution in [0.4, 0.5) is 0 Å². The highest BCUT2D eigenvalue weighted by Gasteiger charge is 2.44. The van der Waals surface area contributed by atoms with Gasteiger partial charge in [-0.1, -0.05) is 85.2 Å². The molecule has 1 aliphatic heterocycles. The molecule has 9 atom stereocenters. The summed E-state index contributed by atoms with van der Waals surface area (Å²) in [6, 6.07) is 8.86. The molecule has 11 nitrogen and oxygen atoms in total. The number of carbonyl (C=O) groups is 5. The Balaban J connectivity index is 2.33. The number of rotatable bonds is 24. The predicted molar refractivity (Wildman–Crippen MR) is 237 cm³/mol. The number of nitrogens with zero attached hydrogens (tertiary/aromatic N) is 3. The molecule has 336 valence electrons. The molecule has 1 unspecified atom stereocenters. The summed E-state index contributed by atoms with van der Waals surface area (Å²) in [5.74, 6) is -2.05. The Bertz CT molecular complexity index is 1490. The lowest BCUT2D eigenvalue weighted by atomic mass is 9.83. The van der Waals surface area contributed by atoms with Gasteiger partial charge in [-0.15, -0.1) is 0 Å². The van der Waals surface area contributed by atoms with Crippen LogP contribution < -0.4 is 5.32 Å². The maximum atomic E-state index is 14.5. The topological polar surface area (TPSA) is 126 Å². The van der Waals surface area contributed by atoms with Gasteiger partial charge in [0.1, 0.15) is 5.78 Å². The van der Waals surface area contributed by atoms with E-state index in [4.69, 9.17) is 9.47 Å². The normalized spacial score (nSPS) is 19.0. The number of ether oxygens (including phenoxy) is 2. The molecule has 3 amide bonds. The first kappa shape index (κ1) is 52.0. The minimum absolute atomic E-state index is 0.00115. The predicted octanol–water partition coefficient (Wildman–Crippen LogP) is 7.24. The Hall–Kier alpha value is -3.15. The number of hydrogen-bond donors (Lipinski definition) is 1. The molecule has 0 spiro atoms. The van der Waals surface area contributed by atoms with Crippen LogP contribution in [0.2, 0.25) is 0 Å². The molecule has 1 heterocycles. The quantitative estimate of drug-likeness (QED) is 0.116. The number of ketones is 2. The lowest BCUT2D eigenvalue weighted by Crippen LogP contribution is -2.54. The van der Waals surface area contributed by atoms with Crippen molar-refractivity contribution in [2.45, 2.75) is 170 Å². The fraction of sp³-hybridized carbons (Fsp3) is 0.771. The number of benzene rings is 1. The molecular formula is C48H82N4O7. The first-order valence-corrected chi connectivity index (χ1v) is 22.3. The zero-order valence-corrected chi connectivity index (χ0v) is 39.7. The molecule has 0 aliphatic carbocycles. The van der Waals surface area contributed by atoms with Gasteiger partial charge in [-0.25, -0.2) is 0 Å². The van der Waals surface area contributed by atoms with E-state index in [-0.39, 0.29) is 84.4 Å². The van der Waals surface area contributed by atoms with Gasteiger partial charge in [0.25, 0.3) is 0 Å². The van der Waals surface area contributed by atoms with E-state index in [9.17, 15) is 24.0 Å². The highest BCUT2D eigenvalue weighted by Crippen LogP contribution is 2.32. The summed E-state index contributed by atoms with van der Waals surface area (Å²) in [5, 5.41) is 3.07. The number of likely N-dealkylation sites (tertiary alicyclic amines) is 1. The van der Waals surface area contributed by atoms with Crippen molar-refractivity contribution in [1.29, 1.82) is 0 Å². The van der Waals surface area contributed by atoms with E-state index in [1.807, 2.05) is 83.8 Å². The van der Waals surface area contributed by atoms with Gasteiger partial charge in [-0.3, -0.25) is 28.9 Å². The molecule has 1 fully saturated rings. The van der Waals surface area contributed by atoms with Crippen LogP contribution in [-0.2, 0) is 39.9 Å². The Morgan fingerprint density at radius 1 is 0.847 bits per heavy atom. The third kappa shape index (κ3) is 14.8. The van der Waals surface area contributed by atoms with Crippen molar-refractivity contribution in [1.82, 2.24) is 20.0 Å². The largest absolute Gasteiger partial charge is 0.379 e. The standard InChI is InChI=1S/C48H82N4O7/c1-17-33(8)44(51(14)47(57)37(30(2)3)28-40(54)43(31(4)5)50(13)32(6)7)41(58-15)29-42(55)52-25-21-24-38(52)45(59-16)34(9)39(53)27-36(46(56)49-48(10,11)12)26-35-22-19-18-20-23-35/h18-20,22-23,30-34,36-38,41,43-45H,17,21,24-29H2,1-16H3,(H,49,56)/t33-,34-,36+,37-,38?,41+,43-,44-,45+/m0/s1. The zero-order valence-electron chi connectivity index (χ0n) is 39.7. The maximum absolute atomic E-state index is 14.5. The molecule has 0 saturated carbocycles. The fourth-order valence-electron chi connectivity index (χ4n) is 8.99. The van der Waals surface area contributed by atoms with Crippen molar-refractivity contribution in [3.8, 4) is 0 Å². The molecule has 0 radical (unpaired) electrons. The van der Waals surface area contributed by atoms with E-state index in [0.29, 0.717) is 19.4 Å². The Morgan fingerprint density at radius 3 is 1.95 bits per heavy atom. The number of likely N-dealkylation sites (N-methyl/N-ethyl adjacent to an activating group) is 2. The molecule has 1 N–H and O–H groups in total. The van der Waals surface area contributed by atoms with Gasteiger partial charge in [0, 0.05) is 70.0 Å². The average molecular weight is 827 g/mol. The average Bonchev–Trinajstić information content (AvgIpc) is 3.65. The first-order chi connectivity index (χ1) is 27.5. The third-order valence-electron chi connectivity index (χ3n) is 12.8. The Kier molecular flexibility index (Phi) is 20.9. The molecule has 1 saturated heterocycles. The molecule has 1 aromatic rings. The zero-order chi connectivity index (χ0) is 44.9. The van der Waals surface area contributed by atoms with Crippen LogP contribution in [0.25, 0.3) is 0 Å². The van der Waals surface area contributed by atoms with Crippen molar-refractivity contribution in [2.75, 3.05) is 34.9 Å². The minimum Gasteiger partial charge on any atom is -0.379 e. The molecule has 0 bridgehead atoms. The molecule has 0 aromatic heterocycles. The van der Waals surface area contributed by atoms with Gasteiger partial charge in [0.2, 0.25) is 17.7 Å². The van der Waals surface area contributed by atoms with E-state index in [1.54, 1.807) is 26.2 Å². The van der Waals surface area contributed by atoms with Crippen LogP contribution in [0.15, 0.2) is 30.3 Å². The van der Waals surface area contributed by atoms with Gasteiger partial charge < -0.3 is 24.6 Å². The Morgan fingerprint density at radius 2 is 1.46 bits per heavy atom. The first-order valence-electron chi connectivity index (χ1n) is 22.3. The maximum Gasteiger partial charge on any atom is 0.226 e. The molecular weight excluding hydrogens is 745 g/mol. The van der Waals surface area contributed by atoms with E-state index in [0.717, 1.165) is 18.4 Å². The van der Waals surface area contributed by atoms with Crippen LogP contribution in [0, 0.1) is 35.5 Å². The molecule has 1 aliphatic rings. The van der Waals surface area contributed by atoms with Crippen LogP contribution in [0.1, 0.15) is 127 Å². The van der Waals surface area contributed by atoms with Crippen molar-refractivity contribution in [3.05, 3.63) is 35.9 Å². The second-order valence-electron chi connectivity index (χ2n) is 19.4. The van der Waals surface area contributed by atoms with E-state index in [2.05, 4.69) is 51.8 Å². The van der Waals surface area contributed by atoms with Crippen LogP contribution in [-0.4, -0.2) is 121 Å². The highest BCUT2D eigenvalue weighted by molar-refractivity contribution is 5.90. The SMILES string of the molecule is CC[C@H](C)[C@@H]([C@@H](CC(=O)N1CCCC1[C@H](OC)[C@@H](C)C(=O)C[C@@H](Cc1ccccc1)C(=O)NC(C)(C)C)OC)N(C)C(=O)[C@@H](CC(=O)[C@H](C(C)C)N(C)C(C)C)C(C)C. The van der Waals surface area contributed by atoms with Gasteiger partial charge in [-0.05, 0) is 84.2 Å². The summed E-state index contributed by atoms with van der Waals surface area (Å²) in [7, 11) is 6.93. The van der Waals surface area contributed by atoms with E-state index in [1.165, 1.54) is 0 Å². The number of methoxy groups -OCH3 is 2. The number of Topliss-reactive ketones (excluding diaryl/α,β-unsaturated/α-hetero) is 2. The van der Waals surface area contributed by atoms with Crippen LogP contribution >= 0.6 is 0 Å². The van der Waals surface area contributed by atoms with E-state index < -0.39 is 41.5 Å². The third-order valence-corrected chi connectivity index (χ3v) is 12.8. The summed E-state index contributed by atoms with van der Waals surface area (Å²) >= 11 is 0. The molecule has 59 heavy (non-hydrogen) atoms. The van der Waals surface area contributed by atoms with Crippen LogP contribution in [0.3, 0.4) is 0 Å². The van der Waals surface area contributed by atoms with Gasteiger partial charge in [0.05, 0.1) is 36.8 Å². The number of amides is 3. The van der Waals surface area contributed by atoms with Crippen molar-refractivity contribution < 1.29 is 33.4 Å². The minimum atomic E-state index is -0.605. The lowest BCUT2D eigenvalue weighted by molar-refractivity contribution is -0.149. The summed E-state index contributed by atoms with van der Waals surface area (Å²) < 4.78 is 12.2. The van der Waals surface area contributed by atoms with Gasteiger partial charge >= 0.3 is 0 Å². The van der Waals surface area contributed by atoms with Crippen LogP contribution in [0.5, 0.6) is 0 Å². The second kappa shape index (κ2) is 23.7. The van der Waals surface area contributed by atoms with Gasteiger partial charge in [0.15, 0.2) is 5.78 Å². The fourth-order valence-corrected chi connectivity index (χ4v) is 8.99. The monoisotopic (exact) mass is 827 g/mol. The summed E-state index contributed by atoms with van der Waals surface area (Å²) in [6.45, 7) is 24.5. The van der Waals surface area contributed by atoms with Crippen molar-refractivity contribution >= 4 is 29.3 Å². The molecule has 11 heteroatoms. The lowest BCUT2D eigenvalue weighted by Gasteiger charge is -2.41. The Labute approximate surface area is 358 Å².